The Morgan fingerprint density at radius 2 is 2.17 bits per heavy atom. The molecule has 1 amide bonds. The van der Waals surface area contributed by atoms with E-state index < -0.39 is 11.4 Å². The molecule has 1 N–H and O–H groups in total. The van der Waals surface area contributed by atoms with Gasteiger partial charge in [-0.3, -0.25) is 9.59 Å². The van der Waals surface area contributed by atoms with Crippen molar-refractivity contribution in [1.82, 2.24) is 5.32 Å². The number of ether oxygens (including phenoxy) is 1. The molecule has 0 saturated heterocycles. The summed E-state index contributed by atoms with van der Waals surface area (Å²) in [7, 11) is 1.29. The van der Waals surface area contributed by atoms with Gasteiger partial charge in [-0.05, 0) is 30.5 Å². The molecule has 0 radical (unpaired) electrons. The van der Waals surface area contributed by atoms with Gasteiger partial charge in [-0.2, -0.15) is 0 Å². The van der Waals surface area contributed by atoms with Crippen LogP contribution >= 0.6 is 11.6 Å². The van der Waals surface area contributed by atoms with Crippen LogP contribution in [0, 0.1) is 0 Å². The van der Waals surface area contributed by atoms with Crippen molar-refractivity contribution in [1.29, 1.82) is 0 Å². The van der Waals surface area contributed by atoms with Crippen molar-refractivity contribution in [2.45, 2.75) is 18.3 Å². The number of carbonyl (C=O) groups excluding carboxylic acids is 2. The molecule has 18 heavy (non-hydrogen) atoms. The highest BCUT2D eigenvalue weighted by atomic mass is 35.5. The molecule has 1 aliphatic carbocycles. The van der Waals surface area contributed by atoms with Crippen LogP contribution in [0.4, 0.5) is 0 Å². The summed E-state index contributed by atoms with van der Waals surface area (Å²) in [4.78, 5) is 23.1. The van der Waals surface area contributed by atoms with E-state index in [9.17, 15) is 9.59 Å². The van der Waals surface area contributed by atoms with Gasteiger partial charge >= 0.3 is 5.97 Å². The van der Waals surface area contributed by atoms with E-state index in [0.717, 1.165) is 18.4 Å². The van der Waals surface area contributed by atoms with E-state index in [0.29, 0.717) is 5.02 Å². The first-order chi connectivity index (χ1) is 8.58. The largest absolute Gasteiger partial charge is 0.468 e. The zero-order valence-electron chi connectivity index (χ0n) is 10.0. The van der Waals surface area contributed by atoms with Crippen molar-refractivity contribution in [2.24, 2.45) is 0 Å². The standard InChI is InChI=1S/C13H14ClNO3/c1-18-11(16)8-15-12(17)13(5-6-13)9-3-2-4-10(14)7-9/h2-4,7H,5-6,8H2,1H3,(H,15,17). The summed E-state index contributed by atoms with van der Waals surface area (Å²) in [6.45, 7) is -0.0996. The number of amides is 1. The maximum Gasteiger partial charge on any atom is 0.325 e. The Morgan fingerprint density at radius 3 is 2.72 bits per heavy atom. The molecule has 1 aromatic rings. The predicted octanol–water partition coefficient (Wildman–Crippen LogP) is 1.66. The van der Waals surface area contributed by atoms with Crippen molar-refractivity contribution < 1.29 is 14.3 Å². The minimum absolute atomic E-state index is 0.0996. The third kappa shape index (κ3) is 2.48. The summed E-state index contributed by atoms with van der Waals surface area (Å²) < 4.78 is 4.48. The number of nitrogens with one attached hydrogen (secondary N) is 1. The summed E-state index contributed by atoms with van der Waals surface area (Å²) in [5.74, 6) is -0.597. The SMILES string of the molecule is COC(=O)CNC(=O)C1(c2cccc(Cl)c2)CC1. The van der Waals surface area contributed by atoms with Crippen LogP contribution < -0.4 is 5.32 Å². The number of halogens is 1. The van der Waals surface area contributed by atoms with E-state index in [-0.39, 0.29) is 12.5 Å². The highest BCUT2D eigenvalue weighted by molar-refractivity contribution is 6.30. The Balaban J connectivity index is 2.07. The number of esters is 1. The van der Waals surface area contributed by atoms with Gasteiger partial charge in [0.25, 0.3) is 0 Å². The van der Waals surface area contributed by atoms with Gasteiger partial charge in [0.1, 0.15) is 6.54 Å². The average molecular weight is 268 g/mol. The Labute approximate surface area is 110 Å². The van der Waals surface area contributed by atoms with Crippen molar-refractivity contribution in [2.75, 3.05) is 13.7 Å². The second kappa shape index (κ2) is 4.98. The van der Waals surface area contributed by atoms with Gasteiger partial charge in [0.2, 0.25) is 5.91 Å². The van der Waals surface area contributed by atoms with Gasteiger partial charge in [-0.15, -0.1) is 0 Å². The van der Waals surface area contributed by atoms with Crippen LogP contribution in [0.25, 0.3) is 0 Å². The summed E-state index contributed by atoms with van der Waals surface area (Å²) >= 11 is 5.93. The predicted molar refractivity (Wildman–Crippen MR) is 67.4 cm³/mol. The minimum atomic E-state index is -0.515. The zero-order chi connectivity index (χ0) is 13.2. The van der Waals surface area contributed by atoms with Crippen LogP contribution in [0.2, 0.25) is 5.02 Å². The summed E-state index contributed by atoms with van der Waals surface area (Å²) in [6.07, 6.45) is 1.56. The molecule has 0 atom stereocenters. The fourth-order valence-electron chi connectivity index (χ4n) is 1.95. The molecule has 2 rings (SSSR count). The molecule has 0 aliphatic heterocycles. The molecular weight excluding hydrogens is 254 g/mol. The molecule has 1 saturated carbocycles. The number of rotatable bonds is 4. The lowest BCUT2D eigenvalue weighted by Crippen LogP contribution is -2.38. The summed E-state index contributed by atoms with van der Waals surface area (Å²) in [6, 6.07) is 7.28. The van der Waals surface area contributed by atoms with E-state index in [1.807, 2.05) is 12.1 Å². The fourth-order valence-corrected chi connectivity index (χ4v) is 2.14. The molecule has 1 fully saturated rings. The van der Waals surface area contributed by atoms with Crippen molar-refractivity contribution in [3.05, 3.63) is 34.9 Å². The highest BCUT2D eigenvalue weighted by Crippen LogP contribution is 2.48. The van der Waals surface area contributed by atoms with E-state index in [4.69, 9.17) is 11.6 Å². The Hall–Kier alpha value is -1.55. The number of hydrogen-bond donors (Lipinski definition) is 1. The Bertz CT molecular complexity index is 483. The molecule has 0 spiro atoms. The van der Waals surface area contributed by atoms with E-state index >= 15 is 0 Å². The molecule has 0 unspecified atom stereocenters. The van der Waals surface area contributed by atoms with Crippen molar-refractivity contribution in [3.63, 3.8) is 0 Å². The third-order valence-electron chi connectivity index (χ3n) is 3.18. The third-order valence-corrected chi connectivity index (χ3v) is 3.42. The second-order valence-corrected chi connectivity index (χ2v) is 4.79. The smallest absolute Gasteiger partial charge is 0.325 e. The first-order valence-electron chi connectivity index (χ1n) is 5.70. The maximum atomic E-state index is 12.1. The lowest BCUT2D eigenvalue weighted by Gasteiger charge is -2.15. The number of methoxy groups -OCH3 is 1. The van der Waals surface area contributed by atoms with E-state index in [2.05, 4.69) is 10.1 Å². The Morgan fingerprint density at radius 1 is 1.44 bits per heavy atom. The van der Waals surface area contributed by atoms with Gasteiger partial charge in [0, 0.05) is 5.02 Å². The van der Waals surface area contributed by atoms with Crippen LogP contribution in [-0.4, -0.2) is 25.5 Å². The maximum absolute atomic E-state index is 12.1. The number of hydrogen-bond acceptors (Lipinski definition) is 3. The van der Waals surface area contributed by atoms with Gasteiger partial charge < -0.3 is 10.1 Å². The van der Waals surface area contributed by atoms with E-state index in [1.165, 1.54) is 7.11 Å². The number of benzene rings is 1. The van der Waals surface area contributed by atoms with Crippen molar-refractivity contribution >= 4 is 23.5 Å². The lowest BCUT2D eigenvalue weighted by atomic mass is 9.95. The highest BCUT2D eigenvalue weighted by Gasteiger charge is 2.51. The summed E-state index contributed by atoms with van der Waals surface area (Å²) in [5, 5.41) is 3.21. The summed E-state index contributed by atoms with van der Waals surface area (Å²) in [5.41, 5.74) is 0.385. The molecule has 1 aromatic carbocycles. The zero-order valence-corrected chi connectivity index (χ0v) is 10.8. The molecule has 4 nitrogen and oxygen atoms in total. The molecule has 0 bridgehead atoms. The monoisotopic (exact) mass is 267 g/mol. The quantitative estimate of drug-likeness (QED) is 0.844. The van der Waals surface area contributed by atoms with Crippen LogP contribution in [0.1, 0.15) is 18.4 Å². The first-order valence-corrected chi connectivity index (χ1v) is 6.07. The topological polar surface area (TPSA) is 55.4 Å². The van der Waals surface area contributed by atoms with Crippen molar-refractivity contribution in [3.8, 4) is 0 Å². The fraction of sp³-hybridized carbons (Fsp3) is 0.385. The van der Waals surface area contributed by atoms with Gasteiger partial charge in [-0.1, -0.05) is 23.7 Å². The van der Waals surface area contributed by atoms with E-state index in [1.54, 1.807) is 12.1 Å². The van der Waals surface area contributed by atoms with Gasteiger partial charge in [0.05, 0.1) is 12.5 Å². The molecule has 0 heterocycles. The lowest BCUT2D eigenvalue weighted by molar-refractivity contribution is -0.141. The first kappa shape index (κ1) is 12.9. The second-order valence-electron chi connectivity index (χ2n) is 4.35. The molecular formula is C13H14ClNO3. The Kier molecular flexibility index (Phi) is 3.57. The average Bonchev–Trinajstić information content (AvgIpc) is 3.17. The molecule has 96 valence electrons. The van der Waals surface area contributed by atoms with Crippen LogP contribution in [0.5, 0.6) is 0 Å². The molecule has 1 aliphatic rings. The minimum Gasteiger partial charge on any atom is -0.468 e. The van der Waals surface area contributed by atoms with Gasteiger partial charge in [0.15, 0.2) is 0 Å². The van der Waals surface area contributed by atoms with Crippen LogP contribution in [0.3, 0.4) is 0 Å². The molecule has 0 aromatic heterocycles. The van der Waals surface area contributed by atoms with Crippen LogP contribution in [-0.2, 0) is 19.7 Å². The van der Waals surface area contributed by atoms with Crippen LogP contribution in [0.15, 0.2) is 24.3 Å². The van der Waals surface area contributed by atoms with Gasteiger partial charge in [-0.25, -0.2) is 0 Å². The molecule has 5 heteroatoms. The normalized spacial score (nSPS) is 15.9. The number of carbonyl (C=O) groups is 2.